The largest absolute Gasteiger partial charge is 0.433 e. The maximum atomic E-state index is 12.7. The lowest BCUT2D eigenvalue weighted by atomic mass is 10.2. The summed E-state index contributed by atoms with van der Waals surface area (Å²) >= 11 is 5.18. The Bertz CT molecular complexity index is 344. The minimum absolute atomic E-state index is 0.216. The van der Waals surface area contributed by atoms with Crippen LogP contribution in [0.1, 0.15) is 5.56 Å². The molecule has 76 valence electrons. The molecule has 0 heterocycles. The maximum absolute atomic E-state index is 12.7. The Morgan fingerprint density at radius 3 is 2.93 bits per heavy atom. The molecule has 5 heteroatoms. The number of hydrogen-bond donors (Lipinski definition) is 1. The molecule has 0 fully saturated rings. The average molecular weight is 218 g/mol. The van der Waals surface area contributed by atoms with Gasteiger partial charge in [0.25, 0.3) is 0 Å². The van der Waals surface area contributed by atoms with E-state index in [9.17, 15) is 9.18 Å². The zero-order chi connectivity index (χ0) is 10.6. The molecule has 0 saturated carbocycles. The predicted octanol–water partition coefficient (Wildman–Crippen LogP) is 2.88. The second-order valence-corrected chi connectivity index (χ2v) is 2.84. The minimum atomic E-state index is -0.658. The smallest absolute Gasteiger partial charge is 0.412 e. The third kappa shape index (κ3) is 2.88. The summed E-state index contributed by atoms with van der Waals surface area (Å²) in [5.74, 6) is -0.348. The van der Waals surface area contributed by atoms with Crippen LogP contribution in [0.4, 0.5) is 14.9 Å². The van der Waals surface area contributed by atoms with E-state index in [1.165, 1.54) is 18.2 Å². The fourth-order valence-corrected chi connectivity index (χ4v) is 1.06. The lowest BCUT2D eigenvalue weighted by molar-refractivity contribution is 0.180. The first-order valence-corrected chi connectivity index (χ1v) is 4.43. The van der Waals surface area contributed by atoms with Gasteiger partial charge in [0.05, 0.1) is 0 Å². The molecule has 0 spiro atoms. The average Bonchev–Trinajstić information content (AvgIpc) is 2.10. The zero-order valence-corrected chi connectivity index (χ0v) is 8.27. The summed E-state index contributed by atoms with van der Waals surface area (Å²) in [6.45, 7) is 1.68. The first-order valence-electron chi connectivity index (χ1n) is 3.89. The highest BCUT2D eigenvalue weighted by molar-refractivity contribution is 6.17. The molecule has 14 heavy (non-hydrogen) atoms. The molecular formula is C9H9ClFNO2. The van der Waals surface area contributed by atoms with Gasteiger partial charge in [-0.1, -0.05) is 11.6 Å². The van der Waals surface area contributed by atoms with Gasteiger partial charge in [-0.25, -0.2) is 9.18 Å². The van der Waals surface area contributed by atoms with Crippen LogP contribution in [0.25, 0.3) is 0 Å². The molecule has 0 saturated heterocycles. The molecule has 0 aliphatic rings. The van der Waals surface area contributed by atoms with E-state index in [0.29, 0.717) is 11.3 Å². The molecule has 0 aromatic heterocycles. The summed E-state index contributed by atoms with van der Waals surface area (Å²) in [4.78, 5) is 10.9. The van der Waals surface area contributed by atoms with Gasteiger partial charge in [0.15, 0.2) is 6.07 Å². The van der Waals surface area contributed by atoms with Gasteiger partial charge in [0, 0.05) is 5.69 Å². The molecule has 1 aromatic rings. The molecule has 3 nitrogen and oxygen atoms in total. The van der Waals surface area contributed by atoms with Gasteiger partial charge in [-0.2, -0.15) is 0 Å². The Balaban J connectivity index is 2.72. The van der Waals surface area contributed by atoms with Gasteiger partial charge in [0.1, 0.15) is 5.82 Å². The first kappa shape index (κ1) is 10.8. The normalized spacial score (nSPS) is 9.64. The molecule has 0 aliphatic heterocycles. The van der Waals surface area contributed by atoms with Crippen molar-refractivity contribution in [2.75, 3.05) is 11.4 Å². The number of hydrogen-bond acceptors (Lipinski definition) is 2. The number of rotatable bonds is 2. The summed E-state index contributed by atoms with van der Waals surface area (Å²) in [6.07, 6.45) is -0.658. The number of amides is 1. The number of nitrogens with one attached hydrogen (secondary N) is 1. The number of benzene rings is 1. The van der Waals surface area contributed by atoms with Crippen molar-refractivity contribution in [2.24, 2.45) is 0 Å². The number of halogens is 2. The SMILES string of the molecule is Cc1cc(F)ccc1NC(=O)OCCl. The van der Waals surface area contributed by atoms with E-state index in [4.69, 9.17) is 11.6 Å². The van der Waals surface area contributed by atoms with E-state index < -0.39 is 6.09 Å². The molecule has 0 atom stereocenters. The van der Waals surface area contributed by atoms with Crippen molar-refractivity contribution in [3.05, 3.63) is 29.6 Å². The van der Waals surface area contributed by atoms with Gasteiger partial charge in [-0.3, -0.25) is 5.32 Å². The van der Waals surface area contributed by atoms with Crippen LogP contribution in [0.5, 0.6) is 0 Å². The van der Waals surface area contributed by atoms with E-state index in [-0.39, 0.29) is 11.9 Å². The monoisotopic (exact) mass is 217 g/mol. The second-order valence-electron chi connectivity index (χ2n) is 2.63. The van der Waals surface area contributed by atoms with Crippen LogP contribution >= 0.6 is 11.6 Å². The van der Waals surface area contributed by atoms with Crippen LogP contribution in [0.3, 0.4) is 0 Å². The lowest BCUT2D eigenvalue weighted by Gasteiger charge is -2.07. The Morgan fingerprint density at radius 1 is 1.64 bits per heavy atom. The van der Waals surface area contributed by atoms with E-state index in [2.05, 4.69) is 10.1 Å². The third-order valence-corrected chi connectivity index (χ3v) is 1.72. The number of carbonyl (C=O) groups excluding carboxylic acids is 1. The number of carbonyl (C=O) groups is 1. The van der Waals surface area contributed by atoms with Gasteiger partial charge in [-0.15, -0.1) is 0 Å². The summed E-state index contributed by atoms with van der Waals surface area (Å²) in [5, 5.41) is 2.43. The highest BCUT2D eigenvalue weighted by Gasteiger charge is 2.05. The van der Waals surface area contributed by atoms with Gasteiger partial charge >= 0.3 is 6.09 Å². The van der Waals surface area contributed by atoms with E-state index in [1.807, 2.05) is 0 Å². The maximum Gasteiger partial charge on any atom is 0.412 e. The van der Waals surface area contributed by atoms with Crippen molar-refractivity contribution >= 4 is 23.4 Å². The standard InChI is InChI=1S/C9H9ClFNO2/c1-6-4-7(11)2-3-8(6)12-9(13)14-5-10/h2-4H,5H2,1H3,(H,12,13). The molecule has 0 aliphatic carbocycles. The van der Waals surface area contributed by atoms with Crippen LogP contribution in [-0.4, -0.2) is 12.2 Å². The summed E-state index contributed by atoms with van der Waals surface area (Å²) in [7, 11) is 0. The molecule has 0 radical (unpaired) electrons. The Morgan fingerprint density at radius 2 is 2.36 bits per heavy atom. The Hall–Kier alpha value is -1.29. The Kier molecular flexibility index (Phi) is 3.71. The number of ether oxygens (including phenoxy) is 1. The fraction of sp³-hybridized carbons (Fsp3) is 0.222. The molecular weight excluding hydrogens is 209 g/mol. The number of alkyl halides is 1. The van der Waals surface area contributed by atoms with Crippen molar-refractivity contribution in [1.29, 1.82) is 0 Å². The molecule has 1 N–H and O–H groups in total. The third-order valence-electron chi connectivity index (χ3n) is 1.61. The number of anilines is 1. The van der Waals surface area contributed by atoms with Gasteiger partial charge < -0.3 is 4.74 Å². The van der Waals surface area contributed by atoms with Crippen molar-refractivity contribution in [3.63, 3.8) is 0 Å². The summed E-state index contributed by atoms with van der Waals surface area (Å²) < 4.78 is 17.1. The van der Waals surface area contributed by atoms with Crippen molar-refractivity contribution in [1.82, 2.24) is 0 Å². The molecule has 0 unspecified atom stereocenters. The van der Waals surface area contributed by atoms with E-state index in [1.54, 1.807) is 6.92 Å². The van der Waals surface area contributed by atoms with Crippen molar-refractivity contribution in [3.8, 4) is 0 Å². The van der Waals surface area contributed by atoms with Crippen LogP contribution in [0, 0.1) is 12.7 Å². The quantitative estimate of drug-likeness (QED) is 0.774. The molecule has 0 bridgehead atoms. The van der Waals surface area contributed by atoms with Crippen molar-refractivity contribution in [2.45, 2.75) is 6.92 Å². The van der Waals surface area contributed by atoms with E-state index >= 15 is 0 Å². The lowest BCUT2D eigenvalue weighted by Crippen LogP contribution is -2.13. The highest BCUT2D eigenvalue weighted by atomic mass is 35.5. The summed E-state index contributed by atoms with van der Waals surface area (Å²) in [5.41, 5.74) is 1.12. The molecule has 1 rings (SSSR count). The summed E-state index contributed by atoms with van der Waals surface area (Å²) in [6, 6.07) is 3.81. The van der Waals surface area contributed by atoms with E-state index in [0.717, 1.165) is 0 Å². The minimum Gasteiger partial charge on any atom is -0.433 e. The predicted molar refractivity (Wildman–Crippen MR) is 52.0 cm³/mol. The first-order chi connectivity index (χ1) is 6.63. The second kappa shape index (κ2) is 4.81. The fourth-order valence-electron chi connectivity index (χ4n) is 0.963. The van der Waals surface area contributed by atoms with Gasteiger partial charge in [-0.05, 0) is 30.7 Å². The van der Waals surface area contributed by atoms with Crippen LogP contribution < -0.4 is 5.32 Å². The topological polar surface area (TPSA) is 38.3 Å². The van der Waals surface area contributed by atoms with Crippen LogP contribution in [0.15, 0.2) is 18.2 Å². The Labute approximate surface area is 85.8 Å². The van der Waals surface area contributed by atoms with Crippen molar-refractivity contribution < 1.29 is 13.9 Å². The highest BCUT2D eigenvalue weighted by Crippen LogP contribution is 2.15. The van der Waals surface area contributed by atoms with Crippen LogP contribution in [-0.2, 0) is 4.74 Å². The molecule has 1 amide bonds. The number of aryl methyl sites for hydroxylation is 1. The van der Waals surface area contributed by atoms with Crippen LogP contribution in [0.2, 0.25) is 0 Å². The molecule has 1 aromatic carbocycles. The van der Waals surface area contributed by atoms with Gasteiger partial charge in [0.2, 0.25) is 0 Å². The zero-order valence-electron chi connectivity index (χ0n) is 7.51.